The molecule has 1 fully saturated rings. The number of aromatic nitrogens is 2. The Morgan fingerprint density at radius 2 is 2.05 bits per heavy atom. The Bertz CT molecular complexity index is 448. The first-order chi connectivity index (χ1) is 8.94. The average molecular weight is 275 g/mol. The zero-order valence-corrected chi connectivity index (χ0v) is 10.5. The molecule has 5 nitrogen and oxygen atoms in total. The SMILES string of the molecule is CCCC1CC1Nc1cc(NN)nc(C(F)(F)F)n1. The van der Waals surface area contributed by atoms with Crippen LogP contribution in [0, 0.1) is 5.92 Å². The third kappa shape index (κ3) is 3.46. The first-order valence-electron chi connectivity index (χ1n) is 6.13. The molecule has 1 aromatic rings. The minimum absolute atomic E-state index is 0.0579. The van der Waals surface area contributed by atoms with Gasteiger partial charge in [0.25, 0.3) is 0 Å². The Balaban J connectivity index is 2.12. The van der Waals surface area contributed by atoms with Crippen LogP contribution in [0.5, 0.6) is 0 Å². The lowest BCUT2D eigenvalue weighted by Crippen LogP contribution is -2.18. The van der Waals surface area contributed by atoms with E-state index < -0.39 is 12.0 Å². The first-order valence-corrected chi connectivity index (χ1v) is 6.13. The van der Waals surface area contributed by atoms with Crippen molar-refractivity contribution in [2.75, 3.05) is 10.7 Å². The summed E-state index contributed by atoms with van der Waals surface area (Å²) < 4.78 is 37.8. The van der Waals surface area contributed by atoms with Gasteiger partial charge in [0.15, 0.2) is 0 Å². The van der Waals surface area contributed by atoms with Crippen LogP contribution in [-0.2, 0) is 6.18 Å². The lowest BCUT2D eigenvalue weighted by molar-refractivity contribution is -0.144. The van der Waals surface area contributed by atoms with Crippen LogP contribution in [0.25, 0.3) is 0 Å². The van der Waals surface area contributed by atoms with E-state index in [1.54, 1.807) is 0 Å². The third-order valence-electron chi connectivity index (χ3n) is 3.04. The standard InChI is InChI=1S/C11H16F3N5/c1-2-3-6-4-7(6)16-8-5-9(19-15)18-10(17-8)11(12,13)14/h5-7H,2-4,15H2,1H3,(H2,16,17,18,19). The smallest absolute Gasteiger partial charge is 0.367 e. The first kappa shape index (κ1) is 13.9. The van der Waals surface area contributed by atoms with Crippen LogP contribution in [0.2, 0.25) is 0 Å². The molecule has 1 heterocycles. The van der Waals surface area contributed by atoms with E-state index in [1.165, 1.54) is 6.07 Å². The molecule has 8 heteroatoms. The minimum Gasteiger partial charge on any atom is -0.367 e. The summed E-state index contributed by atoms with van der Waals surface area (Å²) in [5, 5.41) is 2.99. The van der Waals surface area contributed by atoms with E-state index in [9.17, 15) is 13.2 Å². The van der Waals surface area contributed by atoms with Gasteiger partial charge in [-0.25, -0.2) is 15.8 Å². The van der Waals surface area contributed by atoms with Crippen molar-refractivity contribution in [3.05, 3.63) is 11.9 Å². The number of halogens is 3. The van der Waals surface area contributed by atoms with Crippen molar-refractivity contribution in [1.29, 1.82) is 0 Å². The molecule has 0 amide bonds. The highest BCUT2D eigenvalue weighted by molar-refractivity contribution is 5.48. The number of hydrogen-bond acceptors (Lipinski definition) is 5. The second-order valence-electron chi connectivity index (χ2n) is 4.64. The van der Waals surface area contributed by atoms with E-state index in [-0.39, 0.29) is 17.7 Å². The molecule has 0 saturated heterocycles. The van der Waals surface area contributed by atoms with E-state index in [1.807, 2.05) is 0 Å². The van der Waals surface area contributed by atoms with Gasteiger partial charge in [0, 0.05) is 12.1 Å². The second kappa shape index (κ2) is 5.20. The van der Waals surface area contributed by atoms with Crippen molar-refractivity contribution in [2.24, 2.45) is 11.8 Å². The number of anilines is 2. The van der Waals surface area contributed by atoms with E-state index in [0.29, 0.717) is 5.92 Å². The predicted octanol–water partition coefficient (Wildman–Crippen LogP) is 2.38. The highest BCUT2D eigenvalue weighted by Crippen LogP contribution is 2.37. The molecular weight excluding hydrogens is 259 g/mol. The number of nitrogens with two attached hydrogens (primary N) is 1. The molecule has 4 N–H and O–H groups in total. The summed E-state index contributed by atoms with van der Waals surface area (Å²) in [7, 11) is 0. The number of hydrogen-bond donors (Lipinski definition) is 3. The number of nitrogens with one attached hydrogen (secondary N) is 2. The monoisotopic (exact) mass is 275 g/mol. The maximum atomic E-state index is 12.6. The molecule has 1 aliphatic rings. The summed E-state index contributed by atoms with van der Waals surface area (Å²) in [5.41, 5.74) is 2.12. The van der Waals surface area contributed by atoms with Gasteiger partial charge in [-0.05, 0) is 18.8 Å². The van der Waals surface area contributed by atoms with Crippen LogP contribution in [-0.4, -0.2) is 16.0 Å². The van der Waals surface area contributed by atoms with Gasteiger partial charge in [-0.15, -0.1) is 0 Å². The van der Waals surface area contributed by atoms with Gasteiger partial charge in [0.1, 0.15) is 11.6 Å². The largest absolute Gasteiger partial charge is 0.451 e. The van der Waals surface area contributed by atoms with E-state index in [2.05, 4.69) is 27.6 Å². The Morgan fingerprint density at radius 1 is 1.37 bits per heavy atom. The Kier molecular flexibility index (Phi) is 3.79. The number of hydrazine groups is 1. The topological polar surface area (TPSA) is 75.9 Å². The third-order valence-corrected chi connectivity index (χ3v) is 3.04. The van der Waals surface area contributed by atoms with Gasteiger partial charge in [0.2, 0.25) is 5.82 Å². The molecule has 1 aromatic heterocycles. The van der Waals surface area contributed by atoms with Crippen molar-refractivity contribution < 1.29 is 13.2 Å². The number of nitrogens with zero attached hydrogens (tertiary/aromatic N) is 2. The van der Waals surface area contributed by atoms with Crippen LogP contribution in [0.4, 0.5) is 24.8 Å². The molecule has 2 atom stereocenters. The van der Waals surface area contributed by atoms with Crippen LogP contribution in [0.3, 0.4) is 0 Å². The molecule has 0 spiro atoms. The second-order valence-corrected chi connectivity index (χ2v) is 4.64. The highest BCUT2D eigenvalue weighted by atomic mass is 19.4. The molecule has 106 valence electrons. The van der Waals surface area contributed by atoms with Gasteiger partial charge in [0.05, 0.1) is 0 Å². The maximum Gasteiger partial charge on any atom is 0.451 e. The van der Waals surface area contributed by atoms with Gasteiger partial charge >= 0.3 is 6.18 Å². The van der Waals surface area contributed by atoms with Crippen molar-refractivity contribution >= 4 is 11.6 Å². The minimum atomic E-state index is -4.59. The Hall–Kier alpha value is -1.57. The summed E-state index contributed by atoms with van der Waals surface area (Å²) in [6.07, 6.45) is -1.49. The normalized spacial score (nSPS) is 22.2. The molecule has 0 aliphatic heterocycles. The van der Waals surface area contributed by atoms with Crippen molar-refractivity contribution in [2.45, 2.75) is 38.4 Å². The highest BCUT2D eigenvalue weighted by Gasteiger charge is 2.38. The molecule has 0 radical (unpaired) electrons. The lowest BCUT2D eigenvalue weighted by atomic mass is 10.2. The molecule has 0 aromatic carbocycles. The summed E-state index contributed by atoms with van der Waals surface area (Å²) in [5.74, 6) is 4.53. The van der Waals surface area contributed by atoms with E-state index >= 15 is 0 Å². The lowest BCUT2D eigenvalue weighted by Gasteiger charge is -2.11. The van der Waals surface area contributed by atoms with Crippen LogP contribution < -0.4 is 16.6 Å². The van der Waals surface area contributed by atoms with E-state index in [0.717, 1.165) is 19.3 Å². The van der Waals surface area contributed by atoms with Gasteiger partial charge < -0.3 is 10.7 Å². The van der Waals surface area contributed by atoms with Gasteiger partial charge in [-0.1, -0.05) is 13.3 Å². The number of alkyl halides is 3. The molecule has 2 unspecified atom stereocenters. The van der Waals surface area contributed by atoms with Crippen LogP contribution in [0.1, 0.15) is 32.0 Å². The molecule has 1 saturated carbocycles. The average Bonchev–Trinajstić information content (AvgIpc) is 3.06. The van der Waals surface area contributed by atoms with Gasteiger partial charge in [-0.2, -0.15) is 13.2 Å². The summed E-state index contributed by atoms with van der Waals surface area (Å²) in [4.78, 5) is 6.78. The fraction of sp³-hybridized carbons (Fsp3) is 0.636. The number of rotatable bonds is 5. The molecule has 1 aliphatic carbocycles. The zero-order chi connectivity index (χ0) is 14.0. The Morgan fingerprint density at radius 3 is 2.63 bits per heavy atom. The molecular formula is C11H16F3N5. The number of nitrogen functional groups attached to an aromatic ring is 1. The van der Waals surface area contributed by atoms with Crippen LogP contribution >= 0.6 is 0 Å². The fourth-order valence-electron chi connectivity index (χ4n) is 2.03. The zero-order valence-electron chi connectivity index (χ0n) is 10.5. The summed E-state index contributed by atoms with van der Waals surface area (Å²) in [6.45, 7) is 2.08. The summed E-state index contributed by atoms with van der Waals surface area (Å²) in [6, 6.07) is 1.57. The molecule has 2 rings (SSSR count). The fourth-order valence-corrected chi connectivity index (χ4v) is 2.03. The predicted molar refractivity (Wildman–Crippen MR) is 65.3 cm³/mol. The van der Waals surface area contributed by atoms with Crippen molar-refractivity contribution in [3.8, 4) is 0 Å². The van der Waals surface area contributed by atoms with Gasteiger partial charge in [-0.3, -0.25) is 0 Å². The molecule has 0 bridgehead atoms. The maximum absolute atomic E-state index is 12.6. The summed E-state index contributed by atoms with van der Waals surface area (Å²) >= 11 is 0. The van der Waals surface area contributed by atoms with Crippen molar-refractivity contribution in [3.63, 3.8) is 0 Å². The quantitative estimate of drug-likeness (QED) is 0.568. The van der Waals surface area contributed by atoms with Crippen LogP contribution in [0.15, 0.2) is 6.07 Å². The van der Waals surface area contributed by atoms with Crippen molar-refractivity contribution in [1.82, 2.24) is 9.97 Å². The molecule has 19 heavy (non-hydrogen) atoms. The van der Waals surface area contributed by atoms with E-state index in [4.69, 9.17) is 5.84 Å². The Labute approximate surface area is 108 Å².